The first-order chi connectivity index (χ1) is 9.70. The highest BCUT2D eigenvalue weighted by molar-refractivity contribution is 5.92. The first kappa shape index (κ1) is 14.0. The molecular weight excluding hydrogens is 252 g/mol. The van der Waals surface area contributed by atoms with Gasteiger partial charge in [0.1, 0.15) is 11.5 Å². The molecule has 0 aliphatic carbocycles. The van der Waals surface area contributed by atoms with Crippen LogP contribution in [0.5, 0.6) is 0 Å². The summed E-state index contributed by atoms with van der Waals surface area (Å²) in [6.45, 7) is 4.69. The van der Waals surface area contributed by atoms with E-state index in [1.54, 1.807) is 18.5 Å². The van der Waals surface area contributed by atoms with Crippen molar-refractivity contribution in [1.29, 1.82) is 0 Å². The standard InChI is InChI=1S/C15H18N4O/c1-3-17-14-6-4-5-13(19-14)15(20)18-11(2)12-7-9-16-10-8-12/h4-11H,3H2,1-2H3,(H,17,19)(H,18,20). The Bertz CT molecular complexity index is 571. The molecule has 20 heavy (non-hydrogen) atoms. The number of carbonyl (C=O) groups is 1. The number of aromatic nitrogens is 2. The predicted octanol–water partition coefficient (Wildman–Crippen LogP) is 2.40. The number of amides is 1. The second-order valence-corrected chi connectivity index (χ2v) is 4.41. The monoisotopic (exact) mass is 270 g/mol. The summed E-state index contributed by atoms with van der Waals surface area (Å²) in [4.78, 5) is 20.4. The third-order valence-corrected chi connectivity index (χ3v) is 2.89. The van der Waals surface area contributed by atoms with Crippen LogP contribution < -0.4 is 10.6 Å². The van der Waals surface area contributed by atoms with Crippen LogP contribution in [0, 0.1) is 0 Å². The Morgan fingerprint density at radius 2 is 2.00 bits per heavy atom. The lowest BCUT2D eigenvalue weighted by Gasteiger charge is -2.14. The molecule has 0 aliphatic rings. The largest absolute Gasteiger partial charge is 0.370 e. The number of nitrogens with zero attached hydrogens (tertiary/aromatic N) is 2. The zero-order valence-corrected chi connectivity index (χ0v) is 11.6. The fourth-order valence-electron chi connectivity index (χ4n) is 1.85. The highest BCUT2D eigenvalue weighted by atomic mass is 16.1. The SMILES string of the molecule is CCNc1cccc(C(=O)NC(C)c2ccncc2)n1. The second-order valence-electron chi connectivity index (χ2n) is 4.41. The molecule has 5 nitrogen and oxygen atoms in total. The van der Waals surface area contributed by atoms with Gasteiger partial charge < -0.3 is 10.6 Å². The fourth-order valence-corrected chi connectivity index (χ4v) is 1.85. The topological polar surface area (TPSA) is 66.9 Å². The summed E-state index contributed by atoms with van der Waals surface area (Å²) in [7, 11) is 0. The van der Waals surface area contributed by atoms with Gasteiger partial charge in [0.2, 0.25) is 0 Å². The predicted molar refractivity (Wildman–Crippen MR) is 78.5 cm³/mol. The van der Waals surface area contributed by atoms with Gasteiger partial charge in [-0.05, 0) is 43.7 Å². The van der Waals surface area contributed by atoms with Crippen molar-refractivity contribution < 1.29 is 4.79 Å². The van der Waals surface area contributed by atoms with E-state index in [0.717, 1.165) is 12.1 Å². The van der Waals surface area contributed by atoms with Crippen molar-refractivity contribution in [3.63, 3.8) is 0 Å². The fraction of sp³-hybridized carbons (Fsp3) is 0.267. The van der Waals surface area contributed by atoms with Gasteiger partial charge in [-0.2, -0.15) is 0 Å². The lowest BCUT2D eigenvalue weighted by molar-refractivity contribution is 0.0935. The molecule has 2 heterocycles. The number of nitrogens with one attached hydrogen (secondary N) is 2. The van der Waals surface area contributed by atoms with Crippen LogP contribution in [-0.2, 0) is 0 Å². The zero-order valence-electron chi connectivity index (χ0n) is 11.6. The first-order valence-electron chi connectivity index (χ1n) is 6.62. The molecule has 1 amide bonds. The Labute approximate surface area is 118 Å². The average molecular weight is 270 g/mol. The Balaban J connectivity index is 2.06. The molecular formula is C15H18N4O. The van der Waals surface area contributed by atoms with Crippen LogP contribution in [-0.4, -0.2) is 22.4 Å². The molecule has 104 valence electrons. The molecule has 2 rings (SSSR count). The third kappa shape index (κ3) is 3.54. The molecule has 1 atom stereocenters. The maximum atomic E-state index is 12.2. The van der Waals surface area contributed by atoms with Gasteiger partial charge in [-0.15, -0.1) is 0 Å². The summed E-state index contributed by atoms with van der Waals surface area (Å²) in [5, 5.41) is 6.01. The number of anilines is 1. The van der Waals surface area contributed by atoms with Crippen LogP contribution in [0.15, 0.2) is 42.7 Å². The Morgan fingerprint density at radius 3 is 2.70 bits per heavy atom. The number of hydrogen-bond acceptors (Lipinski definition) is 4. The van der Waals surface area contributed by atoms with E-state index in [0.29, 0.717) is 11.5 Å². The molecule has 0 aromatic carbocycles. The summed E-state index contributed by atoms with van der Waals surface area (Å²) in [5.74, 6) is 0.519. The molecule has 2 N–H and O–H groups in total. The van der Waals surface area contributed by atoms with Gasteiger partial charge in [-0.25, -0.2) is 4.98 Å². The second kappa shape index (κ2) is 6.65. The van der Waals surface area contributed by atoms with Gasteiger partial charge >= 0.3 is 0 Å². The molecule has 2 aromatic rings. The molecule has 0 spiro atoms. The van der Waals surface area contributed by atoms with Gasteiger partial charge in [-0.1, -0.05) is 6.07 Å². The van der Waals surface area contributed by atoms with Gasteiger partial charge in [0.15, 0.2) is 0 Å². The zero-order chi connectivity index (χ0) is 14.4. The highest BCUT2D eigenvalue weighted by Crippen LogP contribution is 2.12. The van der Waals surface area contributed by atoms with Crippen LogP contribution in [0.4, 0.5) is 5.82 Å². The molecule has 0 fully saturated rings. The van der Waals surface area contributed by atoms with E-state index in [4.69, 9.17) is 0 Å². The molecule has 0 saturated carbocycles. The molecule has 2 aromatic heterocycles. The van der Waals surface area contributed by atoms with Gasteiger partial charge in [0.25, 0.3) is 5.91 Å². The molecule has 0 aliphatic heterocycles. The maximum absolute atomic E-state index is 12.2. The van der Waals surface area contributed by atoms with Crippen molar-refractivity contribution in [3.05, 3.63) is 54.0 Å². The average Bonchev–Trinajstić information content (AvgIpc) is 2.48. The van der Waals surface area contributed by atoms with E-state index in [-0.39, 0.29) is 11.9 Å². The normalized spacial score (nSPS) is 11.7. The minimum Gasteiger partial charge on any atom is -0.370 e. The van der Waals surface area contributed by atoms with E-state index in [9.17, 15) is 4.79 Å². The van der Waals surface area contributed by atoms with Crippen molar-refractivity contribution >= 4 is 11.7 Å². The number of rotatable bonds is 5. The molecule has 0 bridgehead atoms. The summed E-state index contributed by atoms with van der Waals surface area (Å²) < 4.78 is 0. The van der Waals surface area contributed by atoms with Crippen molar-refractivity contribution in [2.75, 3.05) is 11.9 Å². The molecule has 5 heteroatoms. The van der Waals surface area contributed by atoms with Gasteiger partial charge in [0, 0.05) is 18.9 Å². The molecule has 0 saturated heterocycles. The van der Waals surface area contributed by atoms with E-state index >= 15 is 0 Å². The summed E-state index contributed by atoms with van der Waals surface area (Å²) in [6.07, 6.45) is 3.42. The van der Waals surface area contributed by atoms with E-state index in [1.807, 2.05) is 38.1 Å². The van der Waals surface area contributed by atoms with Gasteiger partial charge in [0.05, 0.1) is 6.04 Å². The Hall–Kier alpha value is -2.43. The summed E-state index contributed by atoms with van der Waals surface area (Å²) in [6, 6.07) is 9.04. The molecule has 1 unspecified atom stereocenters. The lowest BCUT2D eigenvalue weighted by atomic mass is 10.1. The Kier molecular flexibility index (Phi) is 4.65. The first-order valence-corrected chi connectivity index (χ1v) is 6.62. The number of hydrogen-bond donors (Lipinski definition) is 2. The maximum Gasteiger partial charge on any atom is 0.270 e. The van der Waals surface area contributed by atoms with Crippen LogP contribution in [0.25, 0.3) is 0 Å². The van der Waals surface area contributed by atoms with E-state index in [1.165, 1.54) is 0 Å². The molecule has 0 radical (unpaired) electrons. The smallest absolute Gasteiger partial charge is 0.270 e. The summed E-state index contributed by atoms with van der Waals surface area (Å²) in [5.41, 5.74) is 1.42. The van der Waals surface area contributed by atoms with Crippen LogP contribution in [0.1, 0.15) is 35.9 Å². The van der Waals surface area contributed by atoms with Crippen molar-refractivity contribution in [2.24, 2.45) is 0 Å². The van der Waals surface area contributed by atoms with Crippen LogP contribution >= 0.6 is 0 Å². The van der Waals surface area contributed by atoms with Crippen molar-refractivity contribution in [3.8, 4) is 0 Å². The number of pyridine rings is 2. The quantitative estimate of drug-likeness (QED) is 0.875. The van der Waals surface area contributed by atoms with Gasteiger partial charge in [-0.3, -0.25) is 9.78 Å². The minimum atomic E-state index is -0.186. The van der Waals surface area contributed by atoms with Crippen molar-refractivity contribution in [2.45, 2.75) is 19.9 Å². The highest BCUT2D eigenvalue weighted by Gasteiger charge is 2.12. The Morgan fingerprint density at radius 1 is 1.25 bits per heavy atom. The van der Waals surface area contributed by atoms with Crippen molar-refractivity contribution in [1.82, 2.24) is 15.3 Å². The third-order valence-electron chi connectivity index (χ3n) is 2.89. The summed E-state index contributed by atoms with van der Waals surface area (Å²) >= 11 is 0. The number of carbonyl (C=O) groups excluding carboxylic acids is 1. The lowest BCUT2D eigenvalue weighted by Crippen LogP contribution is -2.27. The van der Waals surface area contributed by atoms with E-state index in [2.05, 4.69) is 20.6 Å². The van der Waals surface area contributed by atoms with Crippen LogP contribution in [0.3, 0.4) is 0 Å². The van der Waals surface area contributed by atoms with E-state index < -0.39 is 0 Å². The van der Waals surface area contributed by atoms with Crippen LogP contribution in [0.2, 0.25) is 0 Å². The minimum absolute atomic E-state index is 0.0879.